The Bertz CT molecular complexity index is 429. The Balaban J connectivity index is 1.73. The molecule has 0 aromatic rings. The van der Waals surface area contributed by atoms with Gasteiger partial charge in [0.15, 0.2) is 0 Å². The van der Waals surface area contributed by atoms with E-state index in [-0.39, 0.29) is 36.7 Å². The molecule has 5 heteroatoms. The molecule has 1 saturated carbocycles. The van der Waals surface area contributed by atoms with Crippen molar-refractivity contribution in [2.75, 3.05) is 6.54 Å². The zero-order valence-electron chi connectivity index (χ0n) is 13.9. The first kappa shape index (κ1) is 17.7. The number of carbonyl (C=O) groups is 3. The maximum Gasteiger partial charge on any atom is 0.253 e. The Kier molecular flexibility index (Phi) is 7.30. The summed E-state index contributed by atoms with van der Waals surface area (Å²) in [6, 6.07) is 0.240. The van der Waals surface area contributed by atoms with Gasteiger partial charge < -0.3 is 5.32 Å². The second-order valence-electron chi connectivity index (χ2n) is 6.58. The summed E-state index contributed by atoms with van der Waals surface area (Å²) >= 11 is 0. The predicted molar refractivity (Wildman–Crippen MR) is 88.6 cm³/mol. The highest BCUT2D eigenvalue weighted by atomic mass is 16.2. The molecule has 0 saturated heterocycles. The monoisotopic (exact) mass is 320 g/mol. The van der Waals surface area contributed by atoms with Gasteiger partial charge in [0.25, 0.3) is 11.8 Å². The van der Waals surface area contributed by atoms with Gasteiger partial charge in [-0.15, -0.1) is 0 Å². The van der Waals surface area contributed by atoms with E-state index in [1.54, 1.807) is 0 Å². The van der Waals surface area contributed by atoms with Crippen LogP contribution in [-0.2, 0) is 14.4 Å². The second kappa shape index (κ2) is 9.48. The van der Waals surface area contributed by atoms with Crippen LogP contribution in [0, 0.1) is 0 Å². The zero-order valence-corrected chi connectivity index (χ0v) is 13.9. The lowest BCUT2D eigenvalue weighted by Gasteiger charge is -2.19. The van der Waals surface area contributed by atoms with Gasteiger partial charge in [0.2, 0.25) is 5.91 Å². The number of rotatable bonds is 4. The fourth-order valence-corrected chi connectivity index (χ4v) is 3.30. The summed E-state index contributed by atoms with van der Waals surface area (Å²) in [5, 5.41) is 3.10. The average Bonchev–Trinajstić information content (AvgIpc) is 2.82. The molecule has 2 rings (SSSR count). The molecule has 0 aromatic heterocycles. The van der Waals surface area contributed by atoms with Gasteiger partial charge >= 0.3 is 0 Å². The fourth-order valence-electron chi connectivity index (χ4n) is 3.30. The van der Waals surface area contributed by atoms with Crippen molar-refractivity contribution in [3.63, 3.8) is 0 Å². The molecule has 1 heterocycles. The largest absolute Gasteiger partial charge is 0.353 e. The van der Waals surface area contributed by atoms with Crippen LogP contribution in [0.5, 0.6) is 0 Å². The SMILES string of the molecule is O=C(CCN1C(=O)C=CC1=O)NC1CCCCCCCCCC1. The third kappa shape index (κ3) is 6.16. The first-order chi connectivity index (χ1) is 11.2. The molecule has 23 heavy (non-hydrogen) atoms. The molecular formula is C18H28N2O3. The summed E-state index contributed by atoms with van der Waals surface area (Å²) in [7, 11) is 0. The van der Waals surface area contributed by atoms with Gasteiger partial charge in [0.1, 0.15) is 0 Å². The first-order valence-electron chi connectivity index (χ1n) is 9.00. The standard InChI is InChI=1S/C18H28N2O3/c21-16(13-14-20-17(22)11-12-18(20)23)19-15-9-7-5-3-1-2-4-6-8-10-15/h11-12,15H,1-10,13-14H2,(H,19,21). The van der Waals surface area contributed by atoms with Gasteiger partial charge in [-0.25, -0.2) is 0 Å². The van der Waals surface area contributed by atoms with Gasteiger partial charge in [0, 0.05) is 31.2 Å². The van der Waals surface area contributed by atoms with Crippen molar-refractivity contribution in [2.45, 2.75) is 76.7 Å². The van der Waals surface area contributed by atoms with Crippen molar-refractivity contribution in [3.8, 4) is 0 Å². The molecule has 1 fully saturated rings. The molecular weight excluding hydrogens is 292 g/mol. The Morgan fingerprint density at radius 2 is 1.39 bits per heavy atom. The quantitative estimate of drug-likeness (QED) is 0.810. The Labute approximate surface area is 138 Å². The molecule has 0 bridgehead atoms. The number of amides is 3. The van der Waals surface area contributed by atoms with Crippen molar-refractivity contribution >= 4 is 17.7 Å². The summed E-state index contributed by atoms with van der Waals surface area (Å²) in [5.74, 6) is -0.701. The lowest BCUT2D eigenvalue weighted by Crippen LogP contribution is -2.38. The van der Waals surface area contributed by atoms with Crippen LogP contribution in [0.4, 0.5) is 0 Å². The Morgan fingerprint density at radius 1 is 0.913 bits per heavy atom. The van der Waals surface area contributed by atoms with Crippen LogP contribution in [0.15, 0.2) is 12.2 Å². The van der Waals surface area contributed by atoms with Crippen LogP contribution in [-0.4, -0.2) is 35.2 Å². The minimum Gasteiger partial charge on any atom is -0.353 e. The average molecular weight is 320 g/mol. The third-order valence-corrected chi connectivity index (χ3v) is 4.68. The molecule has 0 aromatic carbocycles. The highest BCUT2D eigenvalue weighted by Crippen LogP contribution is 2.17. The van der Waals surface area contributed by atoms with Crippen LogP contribution < -0.4 is 5.32 Å². The van der Waals surface area contributed by atoms with Crippen molar-refractivity contribution in [2.24, 2.45) is 0 Å². The number of carbonyl (C=O) groups excluding carboxylic acids is 3. The summed E-state index contributed by atoms with van der Waals surface area (Å²) < 4.78 is 0. The molecule has 1 aliphatic carbocycles. The van der Waals surface area contributed by atoms with E-state index in [4.69, 9.17) is 0 Å². The van der Waals surface area contributed by atoms with E-state index in [2.05, 4.69) is 5.32 Å². The fraction of sp³-hybridized carbons (Fsp3) is 0.722. The van der Waals surface area contributed by atoms with E-state index in [0.717, 1.165) is 30.6 Å². The molecule has 0 atom stereocenters. The van der Waals surface area contributed by atoms with Gasteiger partial charge in [-0.2, -0.15) is 0 Å². The normalized spacial score (nSPS) is 21.3. The molecule has 5 nitrogen and oxygen atoms in total. The topological polar surface area (TPSA) is 66.5 Å². The maximum absolute atomic E-state index is 12.1. The van der Waals surface area contributed by atoms with Crippen LogP contribution >= 0.6 is 0 Å². The lowest BCUT2D eigenvalue weighted by molar-refractivity contribution is -0.137. The van der Waals surface area contributed by atoms with Gasteiger partial charge in [-0.3, -0.25) is 19.3 Å². The summed E-state index contributed by atoms with van der Waals surface area (Å²) in [6.07, 6.45) is 14.9. The molecule has 0 spiro atoms. The van der Waals surface area contributed by atoms with Crippen LogP contribution in [0.1, 0.15) is 70.6 Å². The minimum absolute atomic E-state index is 0.0580. The van der Waals surface area contributed by atoms with E-state index in [1.807, 2.05) is 0 Å². The summed E-state index contributed by atoms with van der Waals surface area (Å²) in [5.41, 5.74) is 0. The van der Waals surface area contributed by atoms with Gasteiger partial charge in [-0.1, -0.05) is 51.4 Å². The number of hydrogen-bond acceptors (Lipinski definition) is 3. The third-order valence-electron chi connectivity index (χ3n) is 4.68. The van der Waals surface area contributed by atoms with E-state index in [9.17, 15) is 14.4 Å². The zero-order chi connectivity index (χ0) is 16.5. The number of nitrogens with one attached hydrogen (secondary N) is 1. The van der Waals surface area contributed by atoms with Crippen molar-refractivity contribution < 1.29 is 14.4 Å². The summed E-state index contributed by atoms with van der Waals surface area (Å²) in [4.78, 5) is 36.2. The molecule has 0 unspecified atom stereocenters. The predicted octanol–water partition coefficient (Wildman–Crippen LogP) is 2.70. The highest BCUT2D eigenvalue weighted by molar-refractivity contribution is 6.13. The number of nitrogens with zero attached hydrogens (tertiary/aromatic N) is 1. The summed E-state index contributed by atoms with van der Waals surface area (Å²) in [6.45, 7) is 0.170. The molecule has 128 valence electrons. The lowest BCUT2D eigenvalue weighted by atomic mass is 10.0. The highest BCUT2D eigenvalue weighted by Gasteiger charge is 2.24. The number of imide groups is 1. The molecule has 1 aliphatic heterocycles. The maximum atomic E-state index is 12.1. The van der Waals surface area contributed by atoms with Gasteiger partial charge in [0.05, 0.1) is 0 Å². The molecule has 2 aliphatic rings. The van der Waals surface area contributed by atoms with Crippen LogP contribution in [0.25, 0.3) is 0 Å². The van der Waals surface area contributed by atoms with Crippen LogP contribution in [0.2, 0.25) is 0 Å². The number of hydrogen-bond donors (Lipinski definition) is 1. The smallest absolute Gasteiger partial charge is 0.253 e. The molecule has 1 N–H and O–H groups in total. The van der Waals surface area contributed by atoms with E-state index < -0.39 is 0 Å². The molecule has 3 amide bonds. The van der Waals surface area contributed by atoms with Gasteiger partial charge in [-0.05, 0) is 12.8 Å². The van der Waals surface area contributed by atoms with E-state index in [0.29, 0.717) is 0 Å². The van der Waals surface area contributed by atoms with E-state index in [1.165, 1.54) is 50.7 Å². The minimum atomic E-state index is -0.322. The van der Waals surface area contributed by atoms with E-state index >= 15 is 0 Å². The van der Waals surface area contributed by atoms with Crippen molar-refractivity contribution in [1.82, 2.24) is 10.2 Å². The Hall–Kier alpha value is -1.65. The first-order valence-corrected chi connectivity index (χ1v) is 9.00. The van der Waals surface area contributed by atoms with Crippen molar-refractivity contribution in [3.05, 3.63) is 12.2 Å². The second-order valence-corrected chi connectivity index (χ2v) is 6.58. The van der Waals surface area contributed by atoms with Crippen LogP contribution in [0.3, 0.4) is 0 Å². The molecule has 0 radical (unpaired) electrons. The van der Waals surface area contributed by atoms with Crippen molar-refractivity contribution in [1.29, 1.82) is 0 Å². The Morgan fingerprint density at radius 3 is 1.91 bits per heavy atom.